The Hall–Kier alpha value is -0.220. The van der Waals surface area contributed by atoms with Crippen molar-refractivity contribution >= 4 is 0 Å². The van der Waals surface area contributed by atoms with Gasteiger partial charge in [0.15, 0.2) is 0 Å². The molecule has 0 aromatic rings. The lowest BCUT2D eigenvalue weighted by Crippen LogP contribution is -2.43. The van der Waals surface area contributed by atoms with E-state index in [-0.39, 0.29) is 5.92 Å². The maximum absolute atomic E-state index is 12.7. The molecule has 1 heterocycles. The summed E-state index contributed by atoms with van der Waals surface area (Å²) in [5.41, 5.74) is 0. The van der Waals surface area contributed by atoms with Gasteiger partial charge in [-0.25, -0.2) is 8.78 Å². The lowest BCUT2D eigenvalue weighted by Gasteiger charge is -2.27. The van der Waals surface area contributed by atoms with Crippen molar-refractivity contribution in [3.8, 4) is 0 Å². The van der Waals surface area contributed by atoms with Crippen molar-refractivity contribution in [2.24, 2.45) is 5.92 Å². The third-order valence-electron chi connectivity index (χ3n) is 2.02. The fourth-order valence-corrected chi connectivity index (χ4v) is 1.35. The van der Waals surface area contributed by atoms with E-state index in [0.29, 0.717) is 19.5 Å². The maximum Gasteiger partial charge on any atom is 0.132 e. The van der Waals surface area contributed by atoms with Crippen LogP contribution in [0.5, 0.6) is 0 Å². The van der Waals surface area contributed by atoms with Crippen molar-refractivity contribution < 1.29 is 13.9 Å². The monoisotopic (exact) mass is 165 g/mol. The second-order valence-electron chi connectivity index (χ2n) is 2.98. The summed E-state index contributed by atoms with van der Waals surface area (Å²) in [5.74, 6) is -0.358. The van der Waals surface area contributed by atoms with Gasteiger partial charge in [-0.15, -0.1) is 0 Å². The Morgan fingerprint density at radius 2 is 2.27 bits per heavy atom. The first-order valence-electron chi connectivity index (χ1n) is 3.83. The molecule has 0 aromatic heterocycles. The molecule has 2 nitrogen and oxygen atoms in total. The van der Waals surface area contributed by atoms with E-state index in [2.05, 4.69) is 5.32 Å². The zero-order valence-electron chi connectivity index (χ0n) is 6.26. The molecule has 0 radical (unpaired) electrons. The molecule has 0 bridgehead atoms. The van der Waals surface area contributed by atoms with Crippen molar-refractivity contribution in [1.82, 2.24) is 5.32 Å². The van der Waals surface area contributed by atoms with Gasteiger partial charge in [-0.2, -0.15) is 0 Å². The van der Waals surface area contributed by atoms with Crippen LogP contribution in [-0.2, 0) is 0 Å². The van der Waals surface area contributed by atoms with Crippen LogP contribution in [0.25, 0.3) is 0 Å². The molecule has 1 aliphatic rings. The number of rotatable bonds is 2. The van der Waals surface area contributed by atoms with E-state index in [1.807, 2.05) is 0 Å². The summed E-state index contributed by atoms with van der Waals surface area (Å²) in [6.45, 7) is 0.0245. The minimum atomic E-state index is -1.42. The number of nitrogens with one attached hydrogen (secondary N) is 1. The fourth-order valence-electron chi connectivity index (χ4n) is 1.35. The van der Waals surface area contributed by atoms with E-state index in [9.17, 15) is 8.78 Å². The molecule has 3 atom stereocenters. The molecular weight excluding hydrogens is 152 g/mol. The first kappa shape index (κ1) is 8.87. The standard InChI is InChI=1S/C7H13F2NO/c8-2-7(9)5-1-6(11)4-10-3-5/h5-7,10-11H,1-4H2/t5?,6-,7?/m0/s1. The van der Waals surface area contributed by atoms with Crippen molar-refractivity contribution in [1.29, 1.82) is 0 Å². The molecule has 0 saturated carbocycles. The Bertz CT molecular complexity index is 123. The fraction of sp³-hybridized carbons (Fsp3) is 1.00. The third kappa shape index (κ3) is 2.38. The predicted molar refractivity (Wildman–Crippen MR) is 37.9 cm³/mol. The zero-order chi connectivity index (χ0) is 8.27. The smallest absolute Gasteiger partial charge is 0.132 e. The van der Waals surface area contributed by atoms with Crippen molar-refractivity contribution in [3.63, 3.8) is 0 Å². The first-order chi connectivity index (χ1) is 5.24. The lowest BCUT2D eigenvalue weighted by atomic mass is 9.94. The molecule has 1 aliphatic heterocycles. The van der Waals surface area contributed by atoms with Crippen molar-refractivity contribution in [2.75, 3.05) is 19.8 Å². The van der Waals surface area contributed by atoms with E-state index >= 15 is 0 Å². The van der Waals surface area contributed by atoms with Crippen LogP contribution >= 0.6 is 0 Å². The molecule has 1 rings (SSSR count). The topological polar surface area (TPSA) is 32.3 Å². The van der Waals surface area contributed by atoms with E-state index in [1.165, 1.54) is 0 Å². The van der Waals surface area contributed by atoms with Gasteiger partial charge in [0, 0.05) is 19.0 Å². The van der Waals surface area contributed by atoms with Crippen LogP contribution in [0.3, 0.4) is 0 Å². The zero-order valence-corrected chi connectivity index (χ0v) is 6.26. The molecule has 2 N–H and O–H groups in total. The summed E-state index contributed by atoms with van der Waals surface area (Å²) in [7, 11) is 0. The predicted octanol–water partition coefficient (Wildman–Crippen LogP) is 0.264. The highest BCUT2D eigenvalue weighted by Crippen LogP contribution is 2.17. The van der Waals surface area contributed by atoms with E-state index < -0.39 is 19.0 Å². The summed E-state index contributed by atoms with van der Waals surface area (Å²) in [5, 5.41) is 11.9. The van der Waals surface area contributed by atoms with Crippen LogP contribution < -0.4 is 5.32 Å². The number of β-amino-alcohol motifs (C(OH)–C–C–N with tert-alkyl or cyclic N) is 1. The number of halogens is 2. The number of aliphatic hydroxyl groups excluding tert-OH is 1. The molecule has 0 spiro atoms. The summed E-state index contributed by atoms with van der Waals surface area (Å²) < 4.78 is 24.5. The third-order valence-corrected chi connectivity index (χ3v) is 2.02. The molecule has 2 unspecified atom stereocenters. The van der Waals surface area contributed by atoms with Gasteiger partial charge in [-0.3, -0.25) is 0 Å². The molecule has 1 saturated heterocycles. The van der Waals surface area contributed by atoms with Gasteiger partial charge in [0.05, 0.1) is 6.10 Å². The quantitative estimate of drug-likeness (QED) is 0.615. The highest BCUT2D eigenvalue weighted by molar-refractivity contribution is 4.80. The molecule has 0 aliphatic carbocycles. The lowest BCUT2D eigenvalue weighted by molar-refractivity contribution is 0.0702. The van der Waals surface area contributed by atoms with Crippen LogP contribution in [0.2, 0.25) is 0 Å². The normalized spacial score (nSPS) is 35.2. The number of hydrogen-bond acceptors (Lipinski definition) is 2. The van der Waals surface area contributed by atoms with Gasteiger partial charge in [-0.1, -0.05) is 0 Å². The number of hydrogen-bond donors (Lipinski definition) is 2. The van der Waals surface area contributed by atoms with Gasteiger partial charge in [0.2, 0.25) is 0 Å². The Labute approximate surface area is 64.6 Å². The van der Waals surface area contributed by atoms with Crippen LogP contribution in [0, 0.1) is 5.92 Å². The largest absolute Gasteiger partial charge is 0.392 e. The summed E-state index contributed by atoms with van der Waals surface area (Å²) in [6.07, 6.45) is -1.56. The van der Waals surface area contributed by atoms with Crippen LogP contribution in [0.4, 0.5) is 8.78 Å². The van der Waals surface area contributed by atoms with E-state index in [0.717, 1.165) is 0 Å². The number of piperidine rings is 1. The SMILES string of the molecule is O[C@@H]1CNCC(C(F)CF)C1. The Morgan fingerprint density at radius 3 is 2.82 bits per heavy atom. The van der Waals surface area contributed by atoms with E-state index in [4.69, 9.17) is 5.11 Å². The molecule has 66 valence electrons. The molecule has 4 heteroatoms. The number of aliphatic hydroxyl groups is 1. The average Bonchev–Trinajstić information content (AvgIpc) is 2.03. The van der Waals surface area contributed by atoms with Crippen LogP contribution in [0.1, 0.15) is 6.42 Å². The molecule has 0 aromatic carbocycles. The van der Waals surface area contributed by atoms with Gasteiger partial charge in [0.1, 0.15) is 12.8 Å². The number of alkyl halides is 2. The molecule has 1 fully saturated rings. The summed E-state index contributed by atoms with van der Waals surface area (Å²) >= 11 is 0. The molecule has 0 amide bonds. The van der Waals surface area contributed by atoms with E-state index in [1.54, 1.807) is 0 Å². The maximum atomic E-state index is 12.7. The van der Waals surface area contributed by atoms with Gasteiger partial charge >= 0.3 is 0 Å². The second kappa shape index (κ2) is 3.97. The second-order valence-corrected chi connectivity index (χ2v) is 2.98. The van der Waals surface area contributed by atoms with Crippen molar-refractivity contribution in [3.05, 3.63) is 0 Å². The van der Waals surface area contributed by atoms with Crippen LogP contribution in [-0.4, -0.2) is 37.1 Å². The highest BCUT2D eigenvalue weighted by Gasteiger charge is 2.26. The van der Waals surface area contributed by atoms with Gasteiger partial charge in [-0.05, 0) is 6.42 Å². The Balaban J connectivity index is 2.33. The minimum Gasteiger partial charge on any atom is -0.392 e. The van der Waals surface area contributed by atoms with Crippen LogP contribution in [0.15, 0.2) is 0 Å². The van der Waals surface area contributed by atoms with Gasteiger partial charge < -0.3 is 10.4 Å². The van der Waals surface area contributed by atoms with Gasteiger partial charge in [0.25, 0.3) is 0 Å². The summed E-state index contributed by atoms with van der Waals surface area (Å²) in [6, 6.07) is 0. The Kier molecular flexibility index (Phi) is 3.20. The van der Waals surface area contributed by atoms with Crippen molar-refractivity contribution in [2.45, 2.75) is 18.7 Å². The summed E-state index contributed by atoms with van der Waals surface area (Å²) in [4.78, 5) is 0. The molecular formula is C7H13F2NO. The average molecular weight is 165 g/mol. The minimum absolute atomic E-state index is 0.358. The first-order valence-corrected chi connectivity index (χ1v) is 3.83. The highest BCUT2D eigenvalue weighted by atomic mass is 19.2. The molecule has 11 heavy (non-hydrogen) atoms. The Morgan fingerprint density at radius 1 is 1.55 bits per heavy atom.